The van der Waals surface area contributed by atoms with Crippen molar-refractivity contribution in [2.24, 2.45) is 0 Å². The molecule has 0 bridgehead atoms. The van der Waals surface area contributed by atoms with Crippen LogP contribution >= 0.6 is 0 Å². The molecule has 20 heavy (non-hydrogen) atoms. The predicted molar refractivity (Wildman–Crippen MR) is 79.3 cm³/mol. The lowest BCUT2D eigenvalue weighted by Crippen LogP contribution is -2.14. The van der Waals surface area contributed by atoms with E-state index in [1.807, 2.05) is 37.3 Å². The van der Waals surface area contributed by atoms with Crippen LogP contribution in [0.1, 0.15) is 30.4 Å². The molecule has 2 aromatic carbocycles. The topological polar surface area (TPSA) is 52.9 Å². The Labute approximate surface area is 118 Å². The van der Waals surface area contributed by atoms with E-state index in [0.29, 0.717) is 17.7 Å². The number of nitrogens with zero attached hydrogens (tertiary/aromatic N) is 1. The van der Waals surface area contributed by atoms with Crippen molar-refractivity contribution in [3.05, 3.63) is 65.7 Å². The van der Waals surface area contributed by atoms with Gasteiger partial charge in [0.05, 0.1) is 11.6 Å². The second kappa shape index (κ2) is 6.53. The normalized spacial score (nSPS) is 11.4. The fourth-order valence-corrected chi connectivity index (χ4v) is 2.06. The molecule has 0 heterocycles. The van der Waals surface area contributed by atoms with Gasteiger partial charge < -0.3 is 5.32 Å². The van der Waals surface area contributed by atoms with E-state index in [1.54, 1.807) is 24.3 Å². The van der Waals surface area contributed by atoms with E-state index < -0.39 is 0 Å². The molecule has 1 atom stereocenters. The third-order valence-corrected chi connectivity index (χ3v) is 3.14. The maximum Gasteiger partial charge on any atom is 0.224 e. The number of benzene rings is 2. The molecular formula is C17H16N2O. The molecule has 0 unspecified atom stereocenters. The standard InChI is InChI=1S/C17H16N2O/c1-13(15-7-3-2-4-8-15)10-17(20)19-16-9-5-6-14(11-16)12-18/h2-9,11,13H,10H2,1H3,(H,19,20)/t13-/m1/s1. The number of anilines is 1. The Morgan fingerprint density at radius 2 is 1.95 bits per heavy atom. The number of carbonyl (C=O) groups is 1. The highest BCUT2D eigenvalue weighted by Crippen LogP contribution is 2.19. The van der Waals surface area contributed by atoms with Crippen LogP contribution in [-0.4, -0.2) is 5.91 Å². The van der Waals surface area contributed by atoms with Crippen LogP contribution in [0.4, 0.5) is 5.69 Å². The molecule has 2 rings (SSSR count). The number of amides is 1. The van der Waals surface area contributed by atoms with Crippen LogP contribution in [-0.2, 0) is 4.79 Å². The van der Waals surface area contributed by atoms with Gasteiger partial charge in [-0.05, 0) is 29.7 Å². The fourth-order valence-electron chi connectivity index (χ4n) is 2.06. The summed E-state index contributed by atoms with van der Waals surface area (Å²) in [7, 11) is 0. The fraction of sp³-hybridized carbons (Fsp3) is 0.176. The molecule has 0 saturated carbocycles. The summed E-state index contributed by atoms with van der Waals surface area (Å²) < 4.78 is 0. The summed E-state index contributed by atoms with van der Waals surface area (Å²) in [6, 6.07) is 18.9. The summed E-state index contributed by atoms with van der Waals surface area (Å²) >= 11 is 0. The van der Waals surface area contributed by atoms with Crippen LogP contribution in [0.2, 0.25) is 0 Å². The van der Waals surface area contributed by atoms with E-state index >= 15 is 0 Å². The van der Waals surface area contributed by atoms with Crippen molar-refractivity contribution in [2.45, 2.75) is 19.3 Å². The maximum absolute atomic E-state index is 12.0. The van der Waals surface area contributed by atoms with Crippen molar-refractivity contribution < 1.29 is 4.79 Å². The van der Waals surface area contributed by atoms with E-state index in [9.17, 15) is 4.79 Å². The second-order valence-corrected chi connectivity index (χ2v) is 4.76. The zero-order chi connectivity index (χ0) is 14.4. The Kier molecular flexibility index (Phi) is 4.52. The minimum absolute atomic E-state index is 0.0450. The van der Waals surface area contributed by atoms with Gasteiger partial charge >= 0.3 is 0 Å². The zero-order valence-corrected chi connectivity index (χ0v) is 11.3. The van der Waals surface area contributed by atoms with Crippen LogP contribution in [0, 0.1) is 11.3 Å². The van der Waals surface area contributed by atoms with Crippen molar-refractivity contribution >= 4 is 11.6 Å². The Bertz CT molecular complexity index is 629. The van der Waals surface area contributed by atoms with Crippen LogP contribution in [0.25, 0.3) is 0 Å². The van der Waals surface area contributed by atoms with Crippen molar-refractivity contribution in [1.29, 1.82) is 5.26 Å². The first-order chi connectivity index (χ1) is 9.69. The van der Waals surface area contributed by atoms with Gasteiger partial charge in [-0.15, -0.1) is 0 Å². The SMILES string of the molecule is C[C@H](CC(=O)Nc1cccc(C#N)c1)c1ccccc1. The summed E-state index contributed by atoms with van der Waals surface area (Å²) in [4.78, 5) is 12.0. The lowest BCUT2D eigenvalue weighted by Gasteiger charge is -2.12. The average molecular weight is 264 g/mol. The van der Waals surface area contributed by atoms with Crippen LogP contribution in [0.5, 0.6) is 0 Å². The van der Waals surface area contributed by atoms with Crippen molar-refractivity contribution in [1.82, 2.24) is 0 Å². The average Bonchev–Trinajstić information content (AvgIpc) is 2.48. The van der Waals surface area contributed by atoms with Gasteiger partial charge in [-0.1, -0.05) is 43.3 Å². The Morgan fingerprint density at radius 1 is 1.20 bits per heavy atom. The molecule has 0 aliphatic rings. The van der Waals surface area contributed by atoms with Crippen LogP contribution in [0.15, 0.2) is 54.6 Å². The van der Waals surface area contributed by atoms with Crippen molar-refractivity contribution in [3.63, 3.8) is 0 Å². The Balaban J connectivity index is 1.97. The molecule has 0 fully saturated rings. The van der Waals surface area contributed by atoms with Gasteiger partial charge in [0.25, 0.3) is 0 Å². The minimum atomic E-state index is -0.0450. The molecule has 0 saturated heterocycles. The quantitative estimate of drug-likeness (QED) is 0.915. The first kappa shape index (κ1) is 13.8. The molecule has 1 N–H and O–H groups in total. The number of carbonyl (C=O) groups excluding carboxylic acids is 1. The molecule has 0 aromatic heterocycles. The third kappa shape index (κ3) is 3.69. The molecule has 0 radical (unpaired) electrons. The van der Waals surface area contributed by atoms with E-state index in [1.165, 1.54) is 0 Å². The van der Waals surface area contributed by atoms with Crippen LogP contribution < -0.4 is 5.32 Å². The highest BCUT2D eigenvalue weighted by molar-refractivity contribution is 5.91. The van der Waals surface area contributed by atoms with Gasteiger partial charge in [-0.25, -0.2) is 0 Å². The summed E-state index contributed by atoms with van der Waals surface area (Å²) in [6.07, 6.45) is 0.417. The van der Waals surface area contributed by atoms with Gasteiger partial charge in [-0.2, -0.15) is 5.26 Å². The number of hydrogen-bond donors (Lipinski definition) is 1. The number of rotatable bonds is 4. The lowest BCUT2D eigenvalue weighted by atomic mass is 9.97. The molecule has 100 valence electrons. The predicted octanol–water partition coefficient (Wildman–Crippen LogP) is 3.69. The first-order valence-corrected chi connectivity index (χ1v) is 6.54. The molecule has 0 spiro atoms. The highest BCUT2D eigenvalue weighted by atomic mass is 16.1. The lowest BCUT2D eigenvalue weighted by molar-refractivity contribution is -0.116. The summed E-state index contributed by atoms with van der Waals surface area (Å²) in [6.45, 7) is 2.03. The molecule has 2 aromatic rings. The van der Waals surface area contributed by atoms with E-state index in [0.717, 1.165) is 5.56 Å². The monoisotopic (exact) mass is 264 g/mol. The number of nitrogens with one attached hydrogen (secondary N) is 1. The van der Waals surface area contributed by atoms with E-state index in [2.05, 4.69) is 11.4 Å². The molecule has 3 nitrogen and oxygen atoms in total. The minimum Gasteiger partial charge on any atom is -0.326 e. The Hall–Kier alpha value is -2.60. The van der Waals surface area contributed by atoms with Gasteiger partial charge in [0.1, 0.15) is 0 Å². The number of nitriles is 1. The first-order valence-electron chi connectivity index (χ1n) is 6.54. The molecule has 3 heteroatoms. The van der Waals surface area contributed by atoms with Gasteiger partial charge in [0, 0.05) is 12.1 Å². The van der Waals surface area contributed by atoms with E-state index in [4.69, 9.17) is 5.26 Å². The Morgan fingerprint density at radius 3 is 2.65 bits per heavy atom. The van der Waals surface area contributed by atoms with Crippen LogP contribution in [0.3, 0.4) is 0 Å². The molecule has 1 amide bonds. The van der Waals surface area contributed by atoms with Gasteiger partial charge in [0.15, 0.2) is 0 Å². The van der Waals surface area contributed by atoms with Crippen molar-refractivity contribution in [3.8, 4) is 6.07 Å². The molecule has 0 aliphatic carbocycles. The van der Waals surface area contributed by atoms with Gasteiger partial charge in [0.2, 0.25) is 5.91 Å². The molecule has 0 aliphatic heterocycles. The third-order valence-electron chi connectivity index (χ3n) is 3.14. The van der Waals surface area contributed by atoms with E-state index in [-0.39, 0.29) is 11.8 Å². The number of hydrogen-bond acceptors (Lipinski definition) is 2. The summed E-state index contributed by atoms with van der Waals surface area (Å²) in [5.74, 6) is 0.117. The summed E-state index contributed by atoms with van der Waals surface area (Å²) in [5.41, 5.74) is 2.35. The smallest absolute Gasteiger partial charge is 0.224 e. The largest absolute Gasteiger partial charge is 0.326 e. The van der Waals surface area contributed by atoms with Crippen molar-refractivity contribution in [2.75, 3.05) is 5.32 Å². The van der Waals surface area contributed by atoms with Gasteiger partial charge in [-0.3, -0.25) is 4.79 Å². The highest BCUT2D eigenvalue weighted by Gasteiger charge is 2.11. The molecular weight excluding hydrogens is 248 g/mol. The summed E-state index contributed by atoms with van der Waals surface area (Å²) in [5, 5.41) is 11.7. The zero-order valence-electron chi connectivity index (χ0n) is 11.3. The second-order valence-electron chi connectivity index (χ2n) is 4.76. The maximum atomic E-state index is 12.0.